The third-order valence-corrected chi connectivity index (χ3v) is 22.1. The fraction of sp³-hybridized carbons (Fsp3) is 0.379. The quantitative estimate of drug-likeness (QED) is 0.0852. The van der Waals surface area contributed by atoms with Crippen molar-refractivity contribution in [2.45, 2.75) is 121 Å². The minimum atomic E-state index is -0.628. The van der Waals surface area contributed by atoms with E-state index in [9.17, 15) is 35.9 Å². The predicted molar refractivity (Wildman–Crippen MR) is 443 cm³/mol. The number of fused-ring (bicyclic) bond motifs is 2. The van der Waals surface area contributed by atoms with Gasteiger partial charge in [0.1, 0.15) is 69.8 Å². The molecule has 0 aliphatic carbocycles. The molecule has 27 nitrogen and oxygen atoms in total. The number of carbonyl (C=O) groups is 2. The Labute approximate surface area is 691 Å². The smallest absolute Gasteiger partial charge is 0.252 e. The van der Waals surface area contributed by atoms with Gasteiger partial charge in [0, 0.05) is 183 Å². The van der Waals surface area contributed by atoms with E-state index >= 15 is 0 Å². The number of nitrogens with zero attached hydrogens (tertiary/aromatic N) is 22. The molecule has 0 saturated carbocycles. The molecule has 6 saturated heterocycles. The van der Waals surface area contributed by atoms with E-state index in [-0.39, 0.29) is 41.7 Å². The van der Waals surface area contributed by atoms with Crippen molar-refractivity contribution in [3.63, 3.8) is 0 Å². The van der Waals surface area contributed by atoms with Gasteiger partial charge in [0.15, 0.2) is 17.5 Å². The van der Waals surface area contributed by atoms with E-state index in [4.69, 9.17) is 19.7 Å². The number of aromatic nitrogens is 16. The Kier molecular flexibility index (Phi) is 24.0. The number of ether oxygens (including phenoxy) is 1. The summed E-state index contributed by atoms with van der Waals surface area (Å²) in [5, 5.41) is 24.7. The van der Waals surface area contributed by atoms with Gasteiger partial charge < -0.3 is 44.8 Å². The van der Waals surface area contributed by atoms with Crippen molar-refractivity contribution in [2.75, 3.05) is 117 Å². The van der Waals surface area contributed by atoms with Crippen LogP contribution < -0.4 is 30.2 Å². The standard InChI is InChI=1S/C23H27FN6O.C22H24F2N6O.C21H21F2N5O.C21H24FN7/c1-15-5-6-19(21(24)11-15)13-20-14-22(29-9-7-28(8-10-29)18(4)31)26-23(25-20)30-17(3)12-16(2)27-30;1-14-10-15(2)30(27-14)22-13-21(29-8-6-28(7-9-29)16(3)31)25-20(26-22)11-17-4-5-18(23)12-19(17)24;1-13-5-14(2)28(26-13)20-8-19(27-9-21(10-27)11-29-12-21)24-18(25-20)6-15-3-4-16(22)7-17(15)23;1-12-4-5-18(17(22)6-12)24-21-25-19(28-11-15-8-16(28)10-23-15)9-20(26-21)29-14(3)7-13(2)27-29/h5-6,11-12,14H,7-10,13H2,1-4H3;4-5,10,12-13H,6-9,11H2,1-3H3;3-5,7-8H,6,9-12H2,1-2H3;4-7,9,15-16,23H,8,10-11H2,1-3H3,(H,24,25,26)/t;;;15-,16-/m...1/s1. The van der Waals surface area contributed by atoms with Gasteiger partial charge in [0.25, 0.3) is 5.95 Å². The highest BCUT2D eigenvalue weighted by molar-refractivity contribution is 5.74. The number of halogens is 6. The van der Waals surface area contributed by atoms with Crippen LogP contribution >= 0.6 is 0 Å². The van der Waals surface area contributed by atoms with Crippen LogP contribution in [0.2, 0.25) is 0 Å². The second-order valence-electron chi connectivity index (χ2n) is 32.0. The SMILES string of the molecule is CC(=O)N1CCN(c2cc(-n3nc(C)cc3C)nc(Cc3ccc(F)cc3F)n2)CC1.CC(=O)N1CCN(c2cc(Cc3ccc(C)cc3F)nc(-n3nc(C)cc3C)n2)CC1.Cc1cc(C)n(-c2cc(N3CC4(COC4)C3)nc(Cc3ccc(F)cc3F)n2)n1.Cc1ccc(Nc2nc(N3C[C@H]4C[C@@H]3CN4)cc(-n3nc(C)cc3C)n2)c(F)c1. The van der Waals surface area contributed by atoms with Crippen molar-refractivity contribution >= 4 is 46.7 Å². The number of nitrogens with one attached hydrogen (secondary N) is 2. The lowest BCUT2D eigenvalue weighted by Crippen LogP contribution is -2.66. The van der Waals surface area contributed by atoms with Gasteiger partial charge in [-0.05, 0) is 158 Å². The summed E-state index contributed by atoms with van der Waals surface area (Å²) < 4.78 is 96.3. The molecule has 12 aromatic rings. The molecule has 6 aliphatic rings. The van der Waals surface area contributed by atoms with E-state index in [1.165, 1.54) is 30.3 Å². The van der Waals surface area contributed by atoms with Crippen LogP contribution in [-0.2, 0) is 33.6 Å². The molecule has 6 fully saturated rings. The van der Waals surface area contributed by atoms with Gasteiger partial charge in [-0.25, -0.2) is 70.0 Å². The maximum atomic E-state index is 14.5. The van der Waals surface area contributed by atoms with Crippen LogP contribution in [0.3, 0.4) is 0 Å². The molecule has 1 spiro atoms. The summed E-state index contributed by atoms with van der Waals surface area (Å²) in [7, 11) is 0. The zero-order valence-electron chi connectivity index (χ0n) is 69.3. The lowest BCUT2D eigenvalue weighted by Gasteiger charge is -2.55. The van der Waals surface area contributed by atoms with E-state index in [0.717, 1.165) is 138 Å². The molecule has 4 aromatic carbocycles. The van der Waals surface area contributed by atoms with Crippen LogP contribution in [0.4, 0.5) is 61.2 Å². The molecule has 2 bridgehead atoms. The molecule has 624 valence electrons. The average Bonchev–Trinajstić information content (AvgIpc) is 0.792. The number of carbonyl (C=O) groups excluding carboxylic acids is 2. The molecule has 2 amide bonds. The van der Waals surface area contributed by atoms with E-state index in [1.807, 2.05) is 139 Å². The lowest BCUT2D eigenvalue weighted by atomic mass is 9.78. The summed E-state index contributed by atoms with van der Waals surface area (Å²) >= 11 is 0. The Morgan fingerprint density at radius 2 is 0.867 bits per heavy atom. The van der Waals surface area contributed by atoms with Crippen molar-refractivity contribution < 1.29 is 40.7 Å². The Balaban J connectivity index is 0.000000125. The van der Waals surface area contributed by atoms with Gasteiger partial charge in [-0.1, -0.05) is 30.3 Å². The first-order chi connectivity index (χ1) is 57.5. The Morgan fingerprint density at radius 3 is 1.30 bits per heavy atom. The summed E-state index contributed by atoms with van der Waals surface area (Å²) in [6.07, 6.45) is 1.78. The average molecular weight is 1640 g/mol. The maximum Gasteiger partial charge on any atom is 0.252 e. The zero-order valence-corrected chi connectivity index (χ0v) is 69.3. The van der Waals surface area contributed by atoms with E-state index < -0.39 is 23.3 Å². The number of benzene rings is 4. The molecule has 2 N–H and O–H groups in total. The Hall–Kier alpha value is -12.5. The molecule has 0 radical (unpaired) electrons. The second-order valence-corrected chi connectivity index (χ2v) is 32.0. The highest BCUT2D eigenvalue weighted by atomic mass is 19.2. The molecule has 0 unspecified atom stereocenters. The van der Waals surface area contributed by atoms with Crippen molar-refractivity contribution in [2.24, 2.45) is 5.41 Å². The summed E-state index contributed by atoms with van der Waals surface area (Å²) in [4.78, 5) is 73.1. The molecule has 8 aromatic heterocycles. The van der Waals surface area contributed by atoms with Crippen LogP contribution in [0.5, 0.6) is 0 Å². The predicted octanol–water partition coefficient (Wildman–Crippen LogP) is 11.8. The van der Waals surface area contributed by atoms with Gasteiger partial charge in [0.05, 0.1) is 52.8 Å². The zero-order chi connectivity index (χ0) is 84.5. The normalized spacial score (nSPS) is 16.5. The summed E-state index contributed by atoms with van der Waals surface area (Å²) in [6, 6.07) is 33.9. The summed E-state index contributed by atoms with van der Waals surface area (Å²) in [6.45, 7) is 32.8. The van der Waals surface area contributed by atoms with Crippen LogP contribution in [0.25, 0.3) is 23.4 Å². The van der Waals surface area contributed by atoms with Crippen molar-refractivity contribution in [1.82, 2.24) is 94.1 Å². The highest BCUT2D eigenvalue weighted by Gasteiger charge is 2.50. The Morgan fingerprint density at radius 1 is 0.442 bits per heavy atom. The first kappa shape index (κ1) is 82.6. The van der Waals surface area contributed by atoms with E-state index in [2.05, 4.69) is 75.5 Å². The summed E-state index contributed by atoms with van der Waals surface area (Å²) in [5.74, 6) is 3.85. The number of anilines is 6. The molecule has 6 aliphatic heterocycles. The minimum Gasteiger partial charge on any atom is -0.380 e. The largest absolute Gasteiger partial charge is 0.380 e. The molecule has 2 atom stereocenters. The number of piperazine rings is 3. The van der Waals surface area contributed by atoms with Gasteiger partial charge in [-0.15, -0.1) is 0 Å². The number of hydrogen-bond acceptors (Lipinski definition) is 21. The van der Waals surface area contributed by atoms with Gasteiger partial charge in [0.2, 0.25) is 17.8 Å². The minimum absolute atomic E-state index is 0.0538. The molecular weight excluding hydrogens is 1540 g/mol. The highest BCUT2D eigenvalue weighted by Crippen LogP contribution is 2.40. The first-order valence-corrected chi connectivity index (χ1v) is 40.1. The third-order valence-electron chi connectivity index (χ3n) is 22.1. The fourth-order valence-corrected chi connectivity index (χ4v) is 15.9. The number of hydrogen-bond donors (Lipinski definition) is 2. The van der Waals surface area contributed by atoms with E-state index in [0.29, 0.717) is 140 Å². The number of amides is 2. The van der Waals surface area contributed by atoms with Gasteiger partial charge in [-0.2, -0.15) is 35.3 Å². The van der Waals surface area contributed by atoms with Crippen LogP contribution in [0, 0.1) is 110 Å². The first-order valence-electron chi connectivity index (χ1n) is 40.1. The monoisotopic (exact) mass is 1640 g/mol. The van der Waals surface area contributed by atoms with Gasteiger partial charge in [-0.3, -0.25) is 9.59 Å². The number of rotatable bonds is 16. The molecule has 14 heterocycles. The maximum absolute atomic E-state index is 14.5. The molecule has 120 heavy (non-hydrogen) atoms. The number of aryl methyl sites for hydroxylation is 10. The lowest BCUT2D eigenvalue weighted by molar-refractivity contribution is -0.129. The molecular formula is C87H96F6N24O3. The third kappa shape index (κ3) is 19.0. The van der Waals surface area contributed by atoms with Crippen LogP contribution in [-0.4, -0.2) is 204 Å². The second kappa shape index (κ2) is 34.8. The van der Waals surface area contributed by atoms with Gasteiger partial charge >= 0.3 is 0 Å². The summed E-state index contributed by atoms with van der Waals surface area (Å²) in [5.41, 5.74) is 11.7. The van der Waals surface area contributed by atoms with Crippen molar-refractivity contribution in [3.8, 4) is 23.4 Å². The van der Waals surface area contributed by atoms with Crippen molar-refractivity contribution in [1.29, 1.82) is 0 Å². The van der Waals surface area contributed by atoms with E-state index in [1.54, 1.807) is 51.0 Å². The molecule has 18 rings (SSSR count). The molecule has 33 heteroatoms. The van der Waals surface area contributed by atoms with Crippen LogP contribution in [0.1, 0.15) is 111 Å². The van der Waals surface area contributed by atoms with Crippen LogP contribution in [0.15, 0.2) is 121 Å². The Bertz CT molecular complexity index is 5620. The fourth-order valence-electron chi connectivity index (χ4n) is 15.9. The topological polar surface area (TPSA) is 261 Å². The van der Waals surface area contributed by atoms with Crippen molar-refractivity contribution in [3.05, 3.63) is 247 Å².